The lowest BCUT2D eigenvalue weighted by Gasteiger charge is -2.29. The lowest BCUT2D eigenvalue weighted by atomic mass is 9.97. The van der Waals surface area contributed by atoms with E-state index in [0.29, 0.717) is 51.6 Å². The zero-order chi connectivity index (χ0) is 44.5. The molecule has 0 aromatic carbocycles. The maximum atomic E-state index is 14.0. The van der Waals surface area contributed by atoms with Crippen molar-refractivity contribution < 1.29 is 33.6 Å². The molecule has 12 N–H and O–H groups in total. The lowest BCUT2D eigenvalue weighted by Crippen LogP contribution is -2.60. The molecule has 335 valence electrons. The molecule has 0 aliphatic carbocycles. The second-order valence-corrected chi connectivity index (χ2v) is 17.8. The minimum atomic E-state index is -1.07. The van der Waals surface area contributed by atoms with E-state index in [0.717, 1.165) is 6.42 Å². The predicted octanol–water partition coefficient (Wildman–Crippen LogP) is 1.82. The summed E-state index contributed by atoms with van der Waals surface area (Å²) in [5.74, 6) is -3.25. The Balaban J connectivity index is 6.30. The number of rotatable bonds is 31. The zero-order valence-corrected chi connectivity index (χ0v) is 37.2. The van der Waals surface area contributed by atoms with Crippen LogP contribution in [0.3, 0.4) is 0 Å². The van der Waals surface area contributed by atoms with E-state index in [1.807, 2.05) is 75.5 Å². The van der Waals surface area contributed by atoms with Gasteiger partial charge in [-0.15, -0.1) is 0 Å². The van der Waals surface area contributed by atoms with Crippen LogP contribution in [0.1, 0.15) is 140 Å². The first-order chi connectivity index (χ1) is 27.1. The molecule has 0 fully saturated rings. The predicted molar refractivity (Wildman–Crippen MR) is 228 cm³/mol. The molecular weight excluding hydrogens is 743 g/mol. The molecule has 7 atom stereocenters. The summed E-state index contributed by atoms with van der Waals surface area (Å²) in [6, 6.07) is -6.75. The number of amides is 6. The fourth-order valence-corrected chi connectivity index (χ4v) is 6.46. The van der Waals surface area contributed by atoms with E-state index in [2.05, 4.69) is 31.9 Å². The molecule has 0 bridgehead atoms. The second kappa shape index (κ2) is 29.6. The van der Waals surface area contributed by atoms with Crippen LogP contribution in [0.25, 0.3) is 0 Å². The third-order valence-electron chi connectivity index (χ3n) is 9.41. The first kappa shape index (κ1) is 54.4. The van der Waals surface area contributed by atoms with Gasteiger partial charge in [0.2, 0.25) is 41.7 Å². The van der Waals surface area contributed by atoms with Crippen LogP contribution in [-0.2, 0) is 33.6 Å². The third-order valence-corrected chi connectivity index (χ3v) is 9.41. The van der Waals surface area contributed by atoms with E-state index in [1.54, 1.807) is 0 Å². The normalized spacial score (nSPS) is 15.3. The summed E-state index contributed by atoms with van der Waals surface area (Å²) >= 11 is 0. The van der Waals surface area contributed by atoms with E-state index in [4.69, 9.17) is 17.2 Å². The minimum Gasteiger partial charge on any atom is -0.344 e. The third kappa shape index (κ3) is 23.7. The Bertz CT molecular complexity index is 1260. The summed E-state index contributed by atoms with van der Waals surface area (Å²) in [4.78, 5) is 93.5. The lowest BCUT2D eigenvalue weighted by molar-refractivity contribution is -0.136. The van der Waals surface area contributed by atoms with Crippen LogP contribution in [-0.4, -0.2) is 97.1 Å². The van der Waals surface area contributed by atoms with Gasteiger partial charge in [0.15, 0.2) is 0 Å². The van der Waals surface area contributed by atoms with Crippen molar-refractivity contribution in [2.75, 3.05) is 13.1 Å². The first-order valence-corrected chi connectivity index (χ1v) is 21.5. The molecule has 16 nitrogen and oxygen atoms in total. The van der Waals surface area contributed by atoms with Gasteiger partial charge in [-0.2, -0.15) is 0 Å². The summed E-state index contributed by atoms with van der Waals surface area (Å²) in [5.41, 5.74) is 17.4. The SMILES string of the molecule is CC(C)C[C@@H]([C]=O)NC(=O)[C@H](CCCCN)NC(=O)[C@H](CC(C)C)NC(=O)[C@H](CC(C)C)NC(=O)[C@H](CC(C)C)NC(=O)[C@H](CC(C)C)NC(=O)[C@@H](N)CCCCN. The van der Waals surface area contributed by atoms with E-state index < -0.39 is 77.7 Å². The van der Waals surface area contributed by atoms with Crippen molar-refractivity contribution in [3.8, 4) is 0 Å². The summed E-state index contributed by atoms with van der Waals surface area (Å²) in [6.45, 7) is 19.9. The number of nitrogens with two attached hydrogens (primary N) is 3. The zero-order valence-electron chi connectivity index (χ0n) is 37.2. The molecule has 0 unspecified atom stereocenters. The summed E-state index contributed by atoms with van der Waals surface area (Å²) < 4.78 is 0. The number of hydrogen-bond donors (Lipinski definition) is 9. The largest absolute Gasteiger partial charge is 0.344 e. The van der Waals surface area contributed by atoms with E-state index >= 15 is 0 Å². The van der Waals surface area contributed by atoms with Crippen molar-refractivity contribution in [2.24, 2.45) is 46.8 Å². The molecule has 0 aliphatic rings. The van der Waals surface area contributed by atoms with Gasteiger partial charge in [0.05, 0.1) is 12.1 Å². The number of carbonyl (C=O) groups excluding carboxylic acids is 7. The molecule has 0 spiro atoms. The van der Waals surface area contributed by atoms with Crippen molar-refractivity contribution in [1.82, 2.24) is 31.9 Å². The number of hydrogen-bond acceptors (Lipinski definition) is 10. The fourth-order valence-electron chi connectivity index (χ4n) is 6.46. The van der Waals surface area contributed by atoms with Crippen LogP contribution in [0.4, 0.5) is 0 Å². The van der Waals surface area contributed by atoms with Crippen LogP contribution in [0, 0.1) is 29.6 Å². The summed E-state index contributed by atoms with van der Waals surface area (Å²) in [5, 5.41) is 16.7. The van der Waals surface area contributed by atoms with Crippen LogP contribution in [0.15, 0.2) is 0 Å². The van der Waals surface area contributed by atoms with Crippen LogP contribution in [0.2, 0.25) is 0 Å². The summed E-state index contributed by atoms with van der Waals surface area (Å²) in [6.07, 6.45) is 6.51. The monoisotopic (exact) mass is 823 g/mol. The fraction of sp³-hybridized carbons (Fsp3) is 0.833. The van der Waals surface area contributed by atoms with Gasteiger partial charge in [-0.05, 0) is 107 Å². The van der Waals surface area contributed by atoms with Crippen molar-refractivity contribution in [3.05, 3.63) is 0 Å². The van der Waals surface area contributed by atoms with Gasteiger partial charge in [0.25, 0.3) is 0 Å². The van der Waals surface area contributed by atoms with E-state index in [-0.39, 0.29) is 55.3 Å². The van der Waals surface area contributed by atoms with Crippen molar-refractivity contribution in [1.29, 1.82) is 0 Å². The van der Waals surface area contributed by atoms with Gasteiger partial charge in [-0.3, -0.25) is 33.6 Å². The van der Waals surface area contributed by atoms with Crippen LogP contribution >= 0.6 is 0 Å². The standard InChI is InChI=1S/C42H80N9O7/c1-25(2)19-30(24-52)46-38(54)32(16-12-14-18-44)47-39(55)34(21-27(5)6)49-41(57)36(23-29(9)10)51-42(58)35(22-28(7)8)50-40(56)33(20-26(3)4)48-37(53)31(45)15-11-13-17-43/h25-36H,11-23,43-45H2,1-10H3,(H,46,54)(H,47,55)(H,48,53)(H,49,57)(H,50,56)(H,51,58)/t30-,31-,32-,33-,34-,35-,36-/m0/s1. The molecule has 0 aromatic rings. The van der Waals surface area contributed by atoms with Crippen LogP contribution < -0.4 is 49.1 Å². The molecule has 1 radical (unpaired) electrons. The Hall–Kier alpha value is -3.63. The van der Waals surface area contributed by atoms with Gasteiger partial charge in [0.1, 0.15) is 30.2 Å². The Kier molecular flexibility index (Phi) is 27.7. The van der Waals surface area contributed by atoms with Gasteiger partial charge in [-0.1, -0.05) is 75.7 Å². The molecule has 16 heteroatoms. The minimum absolute atomic E-state index is 0.0262. The molecule has 0 aliphatic heterocycles. The topological polar surface area (TPSA) is 270 Å². The Morgan fingerprint density at radius 1 is 0.414 bits per heavy atom. The van der Waals surface area contributed by atoms with Crippen molar-refractivity contribution in [3.63, 3.8) is 0 Å². The van der Waals surface area contributed by atoms with E-state index in [9.17, 15) is 33.6 Å². The molecule has 0 aromatic heterocycles. The molecule has 0 saturated carbocycles. The van der Waals surface area contributed by atoms with Gasteiger partial charge >= 0.3 is 0 Å². The molecule has 58 heavy (non-hydrogen) atoms. The highest BCUT2D eigenvalue weighted by Crippen LogP contribution is 2.14. The van der Waals surface area contributed by atoms with Crippen molar-refractivity contribution >= 4 is 41.7 Å². The van der Waals surface area contributed by atoms with Gasteiger partial charge in [0, 0.05) is 0 Å². The number of carbonyl (C=O) groups is 6. The Labute approximate surface area is 348 Å². The molecular formula is C42H80N9O7. The quantitative estimate of drug-likeness (QED) is 0.0458. The average molecular weight is 823 g/mol. The smallest absolute Gasteiger partial charge is 0.243 e. The Morgan fingerprint density at radius 2 is 0.707 bits per heavy atom. The van der Waals surface area contributed by atoms with Gasteiger partial charge < -0.3 is 49.1 Å². The highest BCUT2D eigenvalue weighted by molar-refractivity contribution is 5.96. The molecule has 0 heterocycles. The average Bonchev–Trinajstić information content (AvgIpc) is 3.11. The molecule has 0 saturated heterocycles. The Morgan fingerprint density at radius 3 is 1.02 bits per heavy atom. The van der Waals surface area contributed by atoms with E-state index in [1.165, 1.54) is 0 Å². The highest BCUT2D eigenvalue weighted by atomic mass is 16.2. The maximum absolute atomic E-state index is 14.0. The molecule has 0 rings (SSSR count). The number of nitrogens with one attached hydrogen (secondary N) is 6. The van der Waals surface area contributed by atoms with Crippen LogP contribution in [0.5, 0.6) is 0 Å². The number of unbranched alkanes of at least 4 members (excludes halogenated alkanes) is 2. The maximum Gasteiger partial charge on any atom is 0.243 e. The highest BCUT2D eigenvalue weighted by Gasteiger charge is 2.34. The summed E-state index contributed by atoms with van der Waals surface area (Å²) in [7, 11) is 0. The first-order valence-electron chi connectivity index (χ1n) is 21.5. The molecule has 6 amide bonds. The van der Waals surface area contributed by atoms with Gasteiger partial charge in [-0.25, -0.2) is 0 Å². The second-order valence-electron chi connectivity index (χ2n) is 17.8. The van der Waals surface area contributed by atoms with Crippen molar-refractivity contribution in [2.45, 2.75) is 182 Å².